The van der Waals surface area contributed by atoms with Crippen molar-refractivity contribution >= 4 is 11.8 Å². The van der Waals surface area contributed by atoms with E-state index in [2.05, 4.69) is 49.7 Å². The van der Waals surface area contributed by atoms with Gasteiger partial charge in [-0.2, -0.15) is 11.8 Å². The van der Waals surface area contributed by atoms with Crippen LogP contribution in [0.3, 0.4) is 0 Å². The summed E-state index contributed by atoms with van der Waals surface area (Å²) in [5.41, 5.74) is 0. The number of nitrogens with one attached hydrogen (secondary N) is 1. The third kappa shape index (κ3) is 6.44. The topological polar surface area (TPSA) is 15.3 Å². The molecule has 0 saturated carbocycles. The second-order valence-electron chi connectivity index (χ2n) is 6.01. The van der Waals surface area contributed by atoms with Crippen molar-refractivity contribution < 1.29 is 0 Å². The lowest BCUT2D eigenvalue weighted by atomic mass is 10.1. The molecule has 1 aliphatic heterocycles. The van der Waals surface area contributed by atoms with E-state index in [-0.39, 0.29) is 0 Å². The fourth-order valence-electron chi connectivity index (χ4n) is 2.44. The van der Waals surface area contributed by atoms with Crippen molar-refractivity contribution in [3.8, 4) is 0 Å². The lowest BCUT2D eigenvalue weighted by molar-refractivity contribution is 0.208. The van der Waals surface area contributed by atoms with Gasteiger partial charge in [-0.25, -0.2) is 0 Å². The average Bonchev–Trinajstić information content (AvgIpc) is 2.32. The van der Waals surface area contributed by atoms with Crippen LogP contribution in [0.1, 0.15) is 47.0 Å². The van der Waals surface area contributed by atoms with Crippen LogP contribution in [0.5, 0.6) is 0 Å². The van der Waals surface area contributed by atoms with Crippen LogP contribution >= 0.6 is 11.8 Å². The Morgan fingerprint density at radius 3 is 2.72 bits per heavy atom. The van der Waals surface area contributed by atoms with E-state index in [1.807, 2.05) is 0 Å². The first-order valence-corrected chi connectivity index (χ1v) is 8.72. The Labute approximate surface area is 118 Å². The molecule has 18 heavy (non-hydrogen) atoms. The molecule has 0 radical (unpaired) electrons. The maximum atomic E-state index is 3.52. The zero-order chi connectivity index (χ0) is 13.4. The first kappa shape index (κ1) is 16.3. The van der Waals surface area contributed by atoms with Crippen LogP contribution in [0.15, 0.2) is 0 Å². The van der Waals surface area contributed by atoms with Gasteiger partial charge in [0.05, 0.1) is 0 Å². The molecule has 1 N–H and O–H groups in total. The van der Waals surface area contributed by atoms with Crippen LogP contribution < -0.4 is 5.32 Å². The summed E-state index contributed by atoms with van der Waals surface area (Å²) in [6.45, 7) is 14.3. The summed E-state index contributed by atoms with van der Waals surface area (Å²) in [5.74, 6) is 2.10. The molecule has 0 aromatic carbocycles. The SMILES string of the molecule is CC(C)CNCCCCCN1CCSC(C)C1C. The Morgan fingerprint density at radius 2 is 2.00 bits per heavy atom. The van der Waals surface area contributed by atoms with E-state index in [0.717, 1.165) is 23.8 Å². The molecule has 2 unspecified atom stereocenters. The summed E-state index contributed by atoms with van der Waals surface area (Å²) in [4.78, 5) is 2.68. The molecule has 0 spiro atoms. The number of hydrogen-bond acceptors (Lipinski definition) is 3. The normalized spacial score (nSPS) is 25.8. The van der Waals surface area contributed by atoms with Gasteiger partial charge in [0, 0.05) is 23.6 Å². The Balaban J connectivity index is 1.97. The number of unbranched alkanes of at least 4 members (excludes halogenated alkanes) is 2. The van der Waals surface area contributed by atoms with Crippen molar-refractivity contribution in [1.29, 1.82) is 0 Å². The minimum atomic E-state index is 0.766. The van der Waals surface area contributed by atoms with Crippen LogP contribution in [0, 0.1) is 5.92 Å². The molecule has 1 aliphatic rings. The van der Waals surface area contributed by atoms with E-state index in [4.69, 9.17) is 0 Å². The molecule has 1 rings (SSSR count). The molecule has 0 aliphatic carbocycles. The van der Waals surface area contributed by atoms with Crippen LogP contribution in [0.4, 0.5) is 0 Å². The molecule has 0 amide bonds. The summed E-state index contributed by atoms with van der Waals surface area (Å²) in [7, 11) is 0. The Bertz CT molecular complexity index is 209. The maximum Gasteiger partial charge on any atom is 0.0184 e. The highest BCUT2D eigenvalue weighted by molar-refractivity contribution is 8.00. The molecule has 3 heteroatoms. The second-order valence-corrected chi connectivity index (χ2v) is 7.50. The van der Waals surface area contributed by atoms with Crippen molar-refractivity contribution in [1.82, 2.24) is 10.2 Å². The number of thioether (sulfide) groups is 1. The second kappa shape index (κ2) is 9.22. The van der Waals surface area contributed by atoms with Gasteiger partial charge in [0.2, 0.25) is 0 Å². The zero-order valence-electron chi connectivity index (χ0n) is 12.7. The van der Waals surface area contributed by atoms with E-state index >= 15 is 0 Å². The van der Waals surface area contributed by atoms with E-state index < -0.39 is 0 Å². The van der Waals surface area contributed by atoms with Crippen LogP contribution in [0.2, 0.25) is 0 Å². The van der Waals surface area contributed by atoms with Gasteiger partial charge < -0.3 is 5.32 Å². The van der Waals surface area contributed by atoms with Crippen LogP contribution in [-0.2, 0) is 0 Å². The first-order chi connectivity index (χ1) is 8.61. The van der Waals surface area contributed by atoms with Crippen molar-refractivity contribution in [3.63, 3.8) is 0 Å². The fraction of sp³-hybridized carbons (Fsp3) is 1.00. The molecule has 1 heterocycles. The standard InChI is InChI=1S/C15H32N2S/c1-13(2)12-16-8-6-5-7-9-17-10-11-18-15(4)14(17)3/h13-16H,5-12H2,1-4H3. The van der Waals surface area contributed by atoms with E-state index in [0.29, 0.717) is 0 Å². The summed E-state index contributed by atoms with van der Waals surface area (Å²) >= 11 is 2.13. The molecule has 2 atom stereocenters. The lowest BCUT2D eigenvalue weighted by Crippen LogP contribution is -2.44. The molecule has 108 valence electrons. The fourth-order valence-corrected chi connectivity index (χ4v) is 3.61. The highest BCUT2D eigenvalue weighted by Gasteiger charge is 2.24. The first-order valence-electron chi connectivity index (χ1n) is 7.67. The third-order valence-corrected chi connectivity index (χ3v) is 5.20. The van der Waals surface area contributed by atoms with Gasteiger partial charge in [0.1, 0.15) is 0 Å². The van der Waals surface area contributed by atoms with E-state index in [9.17, 15) is 0 Å². The van der Waals surface area contributed by atoms with Crippen molar-refractivity contribution in [2.75, 3.05) is 31.9 Å². The van der Waals surface area contributed by atoms with E-state index in [1.165, 1.54) is 44.6 Å². The molecule has 0 aromatic rings. The Morgan fingerprint density at radius 1 is 1.22 bits per heavy atom. The van der Waals surface area contributed by atoms with Gasteiger partial charge in [0.25, 0.3) is 0 Å². The molecular weight excluding hydrogens is 240 g/mol. The molecule has 1 fully saturated rings. The van der Waals surface area contributed by atoms with Crippen LogP contribution in [-0.4, -0.2) is 48.1 Å². The smallest absolute Gasteiger partial charge is 0.0184 e. The summed E-state index contributed by atoms with van der Waals surface area (Å²) in [6.07, 6.45) is 4.07. The summed E-state index contributed by atoms with van der Waals surface area (Å²) in [5, 5.41) is 4.33. The van der Waals surface area contributed by atoms with Crippen LogP contribution in [0.25, 0.3) is 0 Å². The average molecular weight is 273 g/mol. The minimum Gasteiger partial charge on any atom is -0.316 e. The molecule has 2 nitrogen and oxygen atoms in total. The Hall–Kier alpha value is 0.270. The van der Waals surface area contributed by atoms with Gasteiger partial charge in [-0.15, -0.1) is 0 Å². The minimum absolute atomic E-state index is 0.766. The van der Waals surface area contributed by atoms with Gasteiger partial charge in [-0.05, 0) is 45.3 Å². The van der Waals surface area contributed by atoms with E-state index in [1.54, 1.807) is 0 Å². The van der Waals surface area contributed by atoms with Crippen molar-refractivity contribution in [2.24, 2.45) is 5.92 Å². The predicted octanol–water partition coefficient (Wildman–Crippen LogP) is 3.23. The van der Waals surface area contributed by atoms with Crippen molar-refractivity contribution in [2.45, 2.75) is 58.2 Å². The maximum absolute atomic E-state index is 3.52. The number of rotatable bonds is 8. The quantitative estimate of drug-likeness (QED) is 0.683. The van der Waals surface area contributed by atoms with Gasteiger partial charge in [-0.3, -0.25) is 4.90 Å². The largest absolute Gasteiger partial charge is 0.316 e. The van der Waals surface area contributed by atoms with Gasteiger partial charge in [0.15, 0.2) is 0 Å². The predicted molar refractivity (Wildman–Crippen MR) is 84.5 cm³/mol. The van der Waals surface area contributed by atoms with Gasteiger partial charge >= 0.3 is 0 Å². The molecule has 1 saturated heterocycles. The lowest BCUT2D eigenvalue weighted by Gasteiger charge is -2.37. The monoisotopic (exact) mass is 272 g/mol. The van der Waals surface area contributed by atoms with Gasteiger partial charge in [-0.1, -0.05) is 27.2 Å². The highest BCUT2D eigenvalue weighted by Crippen LogP contribution is 2.24. The number of hydrogen-bond donors (Lipinski definition) is 1. The highest BCUT2D eigenvalue weighted by atomic mass is 32.2. The molecule has 0 aromatic heterocycles. The Kier molecular flexibility index (Phi) is 8.36. The molecular formula is C15H32N2S. The van der Waals surface area contributed by atoms with Crippen molar-refractivity contribution in [3.05, 3.63) is 0 Å². The number of nitrogens with zero attached hydrogens (tertiary/aromatic N) is 1. The summed E-state index contributed by atoms with van der Waals surface area (Å²) in [6, 6.07) is 0.766. The zero-order valence-corrected chi connectivity index (χ0v) is 13.6. The third-order valence-electron chi connectivity index (χ3n) is 3.87. The summed E-state index contributed by atoms with van der Waals surface area (Å²) < 4.78 is 0. The molecule has 0 bridgehead atoms.